The van der Waals surface area contributed by atoms with E-state index in [4.69, 9.17) is 4.74 Å². The molecule has 17 heavy (non-hydrogen) atoms. The Labute approximate surface area is 103 Å². The van der Waals surface area contributed by atoms with Gasteiger partial charge < -0.3 is 10.1 Å². The molecule has 0 amide bonds. The second kappa shape index (κ2) is 6.01. The van der Waals surface area contributed by atoms with Gasteiger partial charge in [-0.25, -0.2) is 4.39 Å². The molecule has 96 valence electrons. The van der Waals surface area contributed by atoms with Crippen molar-refractivity contribution >= 4 is 0 Å². The van der Waals surface area contributed by atoms with Crippen molar-refractivity contribution in [2.75, 3.05) is 13.1 Å². The van der Waals surface area contributed by atoms with E-state index < -0.39 is 0 Å². The summed E-state index contributed by atoms with van der Waals surface area (Å²) >= 11 is 0. The Morgan fingerprint density at radius 3 is 2.59 bits per heavy atom. The Kier molecular flexibility index (Phi) is 4.94. The zero-order valence-electron chi connectivity index (χ0n) is 11.1. The fourth-order valence-corrected chi connectivity index (χ4v) is 1.59. The molecule has 1 atom stereocenters. The third-order valence-corrected chi connectivity index (χ3v) is 2.99. The average molecular weight is 239 g/mol. The SMILES string of the molecule is CCNCC(C)(CC)Oc1ccc(F)c(C)c1. The summed E-state index contributed by atoms with van der Waals surface area (Å²) in [5.41, 5.74) is 0.365. The van der Waals surface area contributed by atoms with Gasteiger partial charge in [-0.1, -0.05) is 13.8 Å². The maximum atomic E-state index is 13.1. The number of hydrogen-bond donors (Lipinski definition) is 1. The molecule has 2 nitrogen and oxygen atoms in total. The van der Waals surface area contributed by atoms with Crippen molar-refractivity contribution in [3.8, 4) is 5.75 Å². The molecule has 1 aromatic carbocycles. The molecule has 0 aliphatic carbocycles. The molecule has 0 saturated heterocycles. The van der Waals surface area contributed by atoms with Gasteiger partial charge in [-0.05, 0) is 50.6 Å². The third-order valence-electron chi connectivity index (χ3n) is 2.99. The molecule has 0 saturated carbocycles. The van der Waals surface area contributed by atoms with Crippen LogP contribution in [-0.4, -0.2) is 18.7 Å². The first-order valence-electron chi connectivity index (χ1n) is 6.16. The summed E-state index contributed by atoms with van der Waals surface area (Å²) in [6, 6.07) is 4.88. The number of nitrogens with one attached hydrogen (secondary N) is 1. The van der Waals surface area contributed by atoms with Gasteiger partial charge in [-0.2, -0.15) is 0 Å². The molecule has 0 spiro atoms. The van der Waals surface area contributed by atoms with Gasteiger partial charge in [0.15, 0.2) is 0 Å². The fraction of sp³-hybridized carbons (Fsp3) is 0.571. The molecule has 0 aliphatic heterocycles. The molecule has 1 unspecified atom stereocenters. The van der Waals surface area contributed by atoms with Crippen molar-refractivity contribution in [1.29, 1.82) is 0 Å². The van der Waals surface area contributed by atoms with E-state index in [-0.39, 0.29) is 11.4 Å². The lowest BCUT2D eigenvalue weighted by Gasteiger charge is -2.30. The summed E-state index contributed by atoms with van der Waals surface area (Å²) in [6.07, 6.45) is 0.899. The number of halogens is 1. The summed E-state index contributed by atoms with van der Waals surface area (Å²) in [4.78, 5) is 0. The summed E-state index contributed by atoms with van der Waals surface area (Å²) in [5.74, 6) is 0.536. The highest BCUT2D eigenvalue weighted by molar-refractivity contribution is 5.29. The Morgan fingerprint density at radius 1 is 1.35 bits per heavy atom. The van der Waals surface area contributed by atoms with Crippen molar-refractivity contribution < 1.29 is 9.13 Å². The number of hydrogen-bond acceptors (Lipinski definition) is 2. The minimum atomic E-state index is -0.250. The predicted molar refractivity (Wildman–Crippen MR) is 69.0 cm³/mol. The first-order chi connectivity index (χ1) is 8.00. The van der Waals surface area contributed by atoms with E-state index in [2.05, 4.69) is 26.1 Å². The van der Waals surface area contributed by atoms with Crippen LogP contribution in [0.25, 0.3) is 0 Å². The fourth-order valence-electron chi connectivity index (χ4n) is 1.59. The van der Waals surface area contributed by atoms with Crippen molar-refractivity contribution in [1.82, 2.24) is 5.32 Å². The van der Waals surface area contributed by atoms with Crippen LogP contribution in [0.5, 0.6) is 5.75 Å². The largest absolute Gasteiger partial charge is 0.486 e. The van der Waals surface area contributed by atoms with Crippen LogP contribution in [0.4, 0.5) is 4.39 Å². The molecule has 0 aliphatic rings. The van der Waals surface area contributed by atoms with Crippen molar-refractivity contribution in [2.24, 2.45) is 0 Å². The van der Waals surface area contributed by atoms with Gasteiger partial charge in [0.05, 0.1) is 0 Å². The van der Waals surface area contributed by atoms with Crippen LogP contribution in [-0.2, 0) is 0 Å². The Hall–Kier alpha value is -1.09. The minimum absolute atomic E-state index is 0.192. The van der Waals surface area contributed by atoms with Crippen LogP contribution in [0.15, 0.2) is 18.2 Å². The zero-order valence-corrected chi connectivity index (χ0v) is 11.1. The number of benzene rings is 1. The van der Waals surface area contributed by atoms with E-state index in [0.29, 0.717) is 5.56 Å². The molecule has 1 rings (SSSR count). The number of ether oxygens (including phenoxy) is 1. The monoisotopic (exact) mass is 239 g/mol. The standard InChI is InChI=1S/C14H22FNO/c1-5-14(4,10-16-6-2)17-12-7-8-13(15)11(3)9-12/h7-9,16H,5-6,10H2,1-4H3. The van der Waals surface area contributed by atoms with E-state index in [1.807, 2.05) is 0 Å². The van der Waals surface area contributed by atoms with Gasteiger partial charge in [0.25, 0.3) is 0 Å². The number of rotatable bonds is 6. The van der Waals surface area contributed by atoms with Gasteiger partial charge in [0.1, 0.15) is 17.2 Å². The Balaban J connectivity index is 2.76. The maximum absolute atomic E-state index is 13.1. The lowest BCUT2D eigenvalue weighted by atomic mass is 10.0. The van der Waals surface area contributed by atoms with Crippen LogP contribution >= 0.6 is 0 Å². The first kappa shape index (κ1) is 14.0. The van der Waals surface area contributed by atoms with Gasteiger partial charge in [0.2, 0.25) is 0 Å². The van der Waals surface area contributed by atoms with E-state index >= 15 is 0 Å². The molecule has 0 bridgehead atoms. The molecule has 0 aromatic heterocycles. The summed E-state index contributed by atoms with van der Waals surface area (Å²) in [5, 5.41) is 3.29. The van der Waals surface area contributed by atoms with E-state index in [1.54, 1.807) is 19.1 Å². The van der Waals surface area contributed by atoms with Crippen molar-refractivity contribution in [3.63, 3.8) is 0 Å². The second-order valence-corrected chi connectivity index (χ2v) is 4.60. The Bertz CT molecular complexity index is 367. The maximum Gasteiger partial charge on any atom is 0.126 e. The molecule has 0 fully saturated rings. The van der Waals surface area contributed by atoms with E-state index in [1.165, 1.54) is 6.07 Å². The number of aryl methyl sites for hydroxylation is 1. The molecular formula is C14H22FNO. The summed E-state index contributed by atoms with van der Waals surface area (Å²) in [7, 11) is 0. The van der Waals surface area contributed by atoms with Gasteiger partial charge >= 0.3 is 0 Å². The average Bonchev–Trinajstić information content (AvgIpc) is 2.31. The summed E-state index contributed by atoms with van der Waals surface area (Å²) < 4.78 is 19.1. The molecule has 0 radical (unpaired) electrons. The van der Waals surface area contributed by atoms with Crippen LogP contribution in [0.1, 0.15) is 32.8 Å². The highest BCUT2D eigenvalue weighted by atomic mass is 19.1. The lowest BCUT2D eigenvalue weighted by Crippen LogP contribution is -2.42. The molecule has 3 heteroatoms. The van der Waals surface area contributed by atoms with Crippen LogP contribution < -0.4 is 10.1 Å². The highest BCUT2D eigenvalue weighted by Gasteiger charge is 2.23. The quantitative estimate of drug-likeness (QED) is 0.822. The molecule has 1 N–H and O–H groups in total. The number of likely N-dealkylation sites (N-methyl/N-ethyl adjacent to an activating group) is 1. The van der Waals surface area contributed by atoms with E-state index in [9.17, 15) is 4.39 Å². The van der Waals surface area contributed by atoms with Crippen molar-refractivity contribution in [3.05, 3.63) is 29.6 Å². The van der Waals surface area contributed by atoms with Crippen LogP contribution in [0.2, 0.25) is 0 Å². The third kappa shape index (κ3) is 4.00. The second-order valence-electron chi connectivity index (χ2n) is 4.60. The molecule has 0 heterocycles. The van der Waals surface area contributed by atoms with Crippen molar-refractivity contribution in [2.45, 2.75) is 39.7 Å². The van der Waals surface area contributed by atoms with E-state index in [0.717, 1.165) is 25.3 Å². The predicted octanol–water partition coefficient (Wildman–Crippen LogP) is 3.29. The Morgan fingerprint density at radius 2 is 2.06 bits per heavy atom. The molecular weight excluding hydrogens is 217 g/mol. The minimum Gasteiger partial charge on any atom is -0.486 e. The van der Waals surface area contributed by atoms with Crippen LogP contribution in [0, 0.1) is 12.7 Å². The first-order valence-corrected chi connectivity index (χ1v) is 6.16. The topological polar surface area (TPSA) is 21.3 Å². The van der Waals surface area contributed by atoms with Crippen LogP contribution in [0.3, 0.4) is 0 Å². The highest BCUT2D eigenvalue weighted by Crippen LogP contribution is 2.23. The normalized spacial score (nSPS) is 14.4. The zero-order chi connectivity index (χ0) is 12.9. The summed E-state index contributed by atoms with van der Waals surface area (Å²) in [6.45, 7) is 9.67. The van der Waals surface area contributed by atoms with Gasteiger partial charge in [0, 0.05) is 6.54 Å². The smallest absolute Gasteiger partial charge is 0.126 e. The lowest BCUT2D eigenvalue weighted by molar-refractivity contribution is 0.0840. The van der Waals surface area contributed by atoms with Gasteiger partial charge in [-0.3, -0.25) is 0 Å². The van der Waals surface area contributed by atoms with Gasteiger partial charge in [-0.15, -0.1) is 0 Å². The molecule has 1 aromatic rings.